The summed E-state index contributed by atoms with van der Waals surface area (Å²) in [5, 5.41) is 8.98. The Balaban J connectivity index is 2.15. The number of hydrogen-bond donors (Lipinski definition) is 1. The number of carbonyl (C=O) groups is 2. The van der Waals surface area contributed by atoms with Crippen LogP contribution in [-0.2, 0) is 11.3 Å². The van der Waals surface area contributed by atoms with Gasteiger partial charge in [0.2, 0.25) is 0 Å². The standard InChI is InChI=1S/C14H15NO5/c1-10(14(17)18)8-15(9-11-4-2-6-19-11)13(16)12-5-3-7-20-12/h2-7,10H,8-9H2,1H3,(H,17,18). The van der Waals surface area contributed by atoms with Crippen LogP contribution >= 0.6 is 0 Å². The van der Waals surface area contributed by atoms with Gasteiger partial charge in [-0.1, -0.05) is 6.92 Å². The van der Waals surface area contributed by atoms with Gasteiger partial charge in [-0.3, -0.25) is 9.59 Å². The van der Waals surface area contributed by atoms with Crippen LogP contribution in [0.25, 0.3) is 0 Å². The molecule has 106 valence electrons. The van der Waals surface area contributed by atoms with Crippen molar-refractivity contribution in [3.8, 4) is 0 Å². The minimum atomic E-state index is -0.957. The van der Waals surface area contributed by atoms with E-state index in [1.165, 1.54) is 17.4 Å². The molecule has 0 aliphatic carbocycles. The normalized spacial score (nSPS) is 12.1. The van der Waals surface area contributed by atoms with E-state index >= 15 is 0 Å². The SMILES string of the molecule is CC(CN(Cc1ccco1)C(=O)c1ccco1)C(=O)O. The smallest absolute Gasteiger partial charge is 0.308 e. The number of furan rings is 2. The van der Waals surface area contributed by atoms with Gasteiger partial charge in [-0.05, 0) is 24.3 Å². The first-order valence-corrected chi connectivity index (χ1v) is 6.16. The number of aliphatic carboxylic acids is 1. The maximum absolute atomic E-state index is 12.3. The number of hydrogen-bond acceptors (Lipinski definition) is 4. The zero-order valence-corrected chi connectivity index (χ0v) is 11.0. The lowest BCUT2D eigenvalue weighted by molar-refractivity contribution is -0.141. The van der Waals surface area contributed by atoms with E-state index < -0.39 is 11.9 Å². The van der Waals surface area contributed by atoms with E-state index in [4.69, 9.17) is 13.9 Å². The molecular weight excluding hydrogens is 262 g/mol. The molecule has 0 saturated carbocycles. The summed E-state index contributed by atoms with van der Waals surface area (Å²) in [5.41, 5.74) is 0. The van der Waals surface area contributed by atoms with E-state index in [1.807, 2.05) is 0 Å². The Labute approximate surface area is 115 Å². The van der Waals surface area contributed by atoms with Crippen molar-refractivity contribution < 1.29 is 23.5 Å². The average Bonchev–Trinajstić information content (AvgIpc) is 3.10. The first-order chi connectivity index (χ1) is 9.58. The van der Waals surface area contributed by atoms with E-state index in [0.717, 1.165) is 0 Å². The number of rotatable bonds is 6. The Morgan fingerprint density at radius 3 is 2.50 bits per heavy atom. The minimum absolute atomic E-state index is 0.0789. The zero-order chi connectivity index (χ0) is 14.5. The maximum Gasteiger partial charge on any atom is 0.308 e. The van der Waals surface area contributed by atoms with Crippen molar-refractivity contribution in [1.82, 2.24) is 4.90 Å². The molecule has 2 heterocycles. The molecule has 0 aliphatic rings. The van der Waals surface area contributed by atoms with Crippen LogP contribution in [0.1, 0.15) is 23.2 Å². The molecule has 1 unspecified atom stereocenters. The Morgan fingerprint density at radius 2 is 1.95 bits per heavy atom. The lowest BCUT2D eigenvalue weighted by Crippen LogP contribution is -2.36. The van der Waals surface area contributed by atoms with Crippen LogP contribution in [0.3, 0.4) is 0 Å². The molecule has 2 aromatic rings. The van der Waals surface area contributed by atoms with E-state index in [0.29, 0.717) is 5.76 Å². The van der Waals surface area contributed by atoms with E-state index in [1.54, 1.807) is 31.2 Å². The van der Waals surface area contributed by atoms with Crippen molar-refractivity contribution in [2.45, 2.75) is 13.5 Å². The highest BCUT2D eigenvalue weighted by molar-refractivity contribution is 5.91. The van der Waals surface area contributed by atoms with Gasteiger partial charge in [-0.15, -0.1) is 0 Å². The molecule has 0 fully saturated rings. The van der Waals surface area contributed by atoms with Crippen LogP contribution in [0, 0.1) is 5.92 Å². The van der Waals surface area contributed by atoms with E-state index in [9.17, 15) is 9.59 Å². The van der Waals surface area contributed by atoms with E-state index in [-0.39, 0.29) is 24.8 Å². The summed E-state index contributed by atoms with van der Waals surface area (Å²) in [6, 6.07) is 6.60. The van der Waals surface area contributed by atoms with Crippen molar-refractivity contribution in [1.29, 1.82) is 0 Å². The molecule has 20 heavy (non-hydrogen) atoms. The van der Waals surface area contributed by atoms with Gasteiger partial charge in [0, 0.05) is 6.54 Å². The fourth-order valence-electron chi connectivity index (χ4n) is 1.77. The van der Waals surface area contributed by atoms with Gasteiger partial charge < -0.3 is 18.8 Å². The number of carboxylic acids is 1. The lowest BCUT2D eigenvalue weighted by Gasteiger charge is -2.22. The van der Waals surface area contributed by atoms with Crippen molar-refractivity contribution in [2.75, 3.05) is 6.54 Å². The first kappa shape index (κ1) is 13.9. The quantitative estimate of drug-likeness (QED) is 0.875. The molecule has 0 saturated heterocycles. The first-order valence-electron chi connectivity index (χ1n) is 6.16. The summed E-state index contributed by atoms with van der Waals surface area (Å²) in [4.78, 5) is 24.6. The number of carbonyl (C=O) groups excluding carboxylic acids is 1. The molecule has 6 heteroatoms. The second-order valence-electron chi connectivity index (χ2n) is 4.48. The Morgan fingerprint density at radius 1 is 1.25 bits per heavy atom. The van der Waals surface area contributed by atoms with Gasteiger partial charge in [0.15, 0.2) is 5.76 Å². The third-order valence-corrected chi connectivity index (χ3v) is 2.86. The molecule has 0 aromatic carbocycles. The lowest BCUT2D eigenvalue weighted by atomic mass is 10.1. The van der Waals surface area contributed by atoms with Crippen LogP contribution in [0.4, 0.5) is 0 Å². The summed E-state index contributed by atoms with van der Waals surface area (Å²) < 4.78 is 10.3. The Bertz CT molecular complexity index is 558. The Hall–Kier alpha value is -2.50. The molecule has 6 nitrogen and oxygen atoms in total. The summed E-state index contributed by atoms with van der Waals surface area (Å²) in [6.07, 6.45) is 2.91. The fraction of sp³-hybridized carbons (Fsp3) is 0.286. The van der Waals surface area contributed by atoms with Gasteiger partial charge in [0.25, 0.3) is 5.91 Å². The number of carboxylic acid groups (broad SMARTS) is 1. The van der Waals surface area contributed by atoms with Crippen LogP contribution < -0.4 is 0 Å². The number of amides is 1. The highest BCUT2D eigenvalue weighted by Gasteiger charge is 2.24. The molecule has 0 spiro atoms. The molecule has 1 atom stereocenters. The van der Waals surface area contributed by atoms with Crippen LogP contribution in [0.2, 0.25) is 0 Å². The van der Waals surface area contributed by atoms with Crippen molar-refractivity contribution in [3.63, 3.8) is 0 Å². The Kier molecular flexibility index (Phi) is 4.24. The summed E-state index contributed by atoms with van der Waals surface area (Å²) >= 11 is 0. The second-order valence-corrected chi connectivity index (χ2v) is 4.48. The fourth-order valence-corrected chi connectivity index (χ4v) is 1.77. The van der Waals surface area contributed by atoms with E-state index in [2.05, 4.69) is 0 Å². The minimum Gasteiger partial charge on any atom is -0.481 e. The molecular formula is C14H15NO5. The third kappa shape index (κ3) is 3.28. The highest BCUT2D eigenvalue weighted by atomic mass is 16.4. The predicted molar refractivity (Wildman–Crippen MR) is 69.0 cm³/mol. The summed E-state index contributed by atoms with van der Waals surface area (Å²) in [6.45, 7) is 1.83. The molecule has 0 bridgehead atoms. The molecule has 2 aromatic heterocycles. The van der Waals surface area contributed by atoms with Crippen LogP contribution in [-0.4, -0.2) is 28.4 Å². The van der Waals surface area contributed by atoms with Crippen molar-refractivity contribution in [3.05, 3.63) is 48.3 Å². The van der Waals surface area contributed by atoms with Gasteiger partial charge in [0.1, 0.15) is 5.76 Å². The monoisotopic (exact) mass is 277 g/mol. The third-order valence-electron chi connectivity index (χ3n) is 2.86. The maximum atomic E-state index is 12.3. The topological polar surface area (TPSA) is 83.9 Å². The molecule has 2 rings (SSSR count). The highest BCUT2D eigenvalue weighted by Crippen LogP contribution is 2.13. The van der Waals surface area contributed by atoms with Crippen molar-refractivity contribution in [2.24, 2.45) is 5.92 Å². The van der Waals surface area contributed by atoms with Gasteiger partial charge in [-0.2, -0.15) is 0 Å². The number of nitrogens with zero attached hydrogens (tertiary/aromatic N) is 1. The summed E-state index contributed by atoms with van der Waals surface area (Å²) in [5.74, 6) is -1.23. The zero-order valence-electron chi connectivity index (χ0n) is 11.0. The van der Waals surface area contributed by atoms with Crippen LogP contribution in [0.15, 0.2) is 45.6 Å². The summed E-state index contributed by atoms with van der Waals surface area (Å²) in [7, 11) is 0. The van der Waals surface area contributed by atoms with Crippen molar-refractivity contribution >= 4 is 11.9 Å². The molecule has 1 amide bonds. The average molecular weight is 277 g/mol. The predicted octanol–water partition coefficient (Wildman–Crippen LogP) is 2.24. The molecule has 0 aliphatic heterocycles. The van der Waals surface area contributed by atoms with Gasteiger partial charge >= 0.3 is 5.97 Å². The van der Waals surface area contributed by atoms with Gasteiger partial charge in [-0.25, -0.2) is 0 Å². The largest absolute Gasteiger partial charge is 0.481 e. The molecule has 1 N–H and O–H groups in total. The van der Waals surface area contributed by atoms with Gasteiger partial charge in [0.05, 0.1) is 25.0 Å². The second kappa shape index (κ2) is 6.10. The molecule has 0 radical (unpaired) electrons. The van der Waals surface area contributed by atoms with Crippen LogP contribution in [0.5, 0.6) is 0 Å².